The third-order valence-electron chi connectivity index (χ3n) is 3.95. The number of rotatable bonds is 3. The summed E-state index contributed by atoms with van der Waals surface area (Å²) in [5.41, 5.74) is 4.88. The van der Waals surface area contributed by atoms with Crippen LogP contribution < -0.4 is 5.32 Å². The quantitative estimate of drug-likeness (QED) is 0.667. The molecule has 122 valence electrons. The Morgan fingerprint density at radius 3 is 2.58 bits per heavy atom. The molecule has 0 aliphatic rings. The Morgan fingerprint density at radius 2 is 1.88 bits per heavy atom. The molecule has 4 nitrogen and oxygen atoms in total. The van der Waals surface area contributed by atoms with Crippen LogP contribution in [0.3, 0.4) is 0 Å². The number of hydrogen-bond donors (Lipinski definition) is 1. The number of nitrogens with one attached hydrogen (secondary N) is 1. The summed E-state index contributed by atoms with van der Waals surface area (Å²) in [6.07, 6.45) is 0. The average molecular weight is 385 g/mol. The molecule has 0 bridgehead atoms. The van der Waals surface area contributed by atoms with Crippen LogP contribution in [-0.2, 0) is 0 Å². The van der Waals surface area contributed by atoms with Gasteiger partial charge in [-0.05, 0) is 56.2 Å². The fourth-order valence-electron chi connectivity index (χ4n) is 2.49. The highest BCUT2D eigenvalue weighted by atomic mass is 79.9. The molecule has 0 atom stereocenters. The minimum atomic E-state index is -0.230. The van der Waals surface area contributed by atoms with Gasteiger partial charge in [0.05, 0.1) is 0 Å². The van der Waals surface area contributed by atoms with Gasteiger partial charge in [0, 0.05) is 15.7 Å². The van der Waals surface area contributed by atoms with Gasteiger partial charge in [0.2, 0.25) is 0 Å². The molecule has 0 aliphatic heterocycles. The maximum atomic E-state index is 12.7. The van der Waals surface area contributed by atoms with Crippen molar-refractivity contribution in [3.05, 3.63) is 69.4 Å². The zero-order valence-electron chi connectivity index (χ0n) is 13.7. The standard InChI is InChI=1S/C19H17BrN2O2/c1-11-7-8-16(9-12(11)2)21-19(23)17-13(3)24-22-18(17)14-5-4-6-15(20)10-14/h4-10H,1-3H3,(H,21,23). The zero-order chi connectivity index (χ0) is 17.3. The molecule has 1 amide bonds. The summed E-state index contributed by atoms with van der Waals surface area (Å²) in [6.45, 7) is 5.79. The summed E-state index contributed by atoms with van der Waals surface area (Å²) < 4.78 is 6.18. The summed E-state index contributed by atoms with van der Waals surface area (Å²) in [6, 6.07) is 13.5. The van der Waals surface area contributed by atoms with E-state index in [0.717, 1.165) is 21.3 Å². The molecule has 0 unspecified atom stereocenters. The summed E-state index contributed by atoms with van der Waals surface area (Å²) >= 11 is 3.44. The Kier molecular flexibility index (Phi) is 4.53. The van der Waals surface area contributed by atoms with E-state index in [9.17, 15) is 4.79 Å². The molecule has 1 aromatic heterocycles. The molecule has 0 fully saturated rings. The SMILES string of the molecule is Cc1ccc(NC(=O)c2c(-c3cccc(Br)c3)noc2C)cc1C. The third kappa shape index (κ3) is 3.26. The third-order valence-corrected chi connectivity index (χ3v) is 4.45. The number of carbonyl (C=O) groups excluding carboxylic acids is 1. The van der Waals surface area contributed by atoms with Gasteiger partial charge in [0.15, 0.2) is 0 Å². The lowest BCUT2D eigenvalue weighted by Gasteiger charge is -2.08. The van der Waals surface area contributed by atoms with E-state index >= 15 is 0 Å². The highest BCUT2D eigenvalue weighted by Gasteiger charge is 2.22. The first-order chi connectivity index (χ1) is 11.5. The summed E-state index contributed by atoms with van der Waals surface area (Å²) in [5.74, 6) is 0.262. The Labute approximate surface area is 149 Å². The van der Waals surface area contributed by atoms with Gasteiger partial charge in [-0.1, -0.05) is 39.3 Å². The van der Waals surface area contributed by atoms with E-state index in [0.29, 0.717) is 17.0 Å². The van der Waals surface area contributed by atoms with Crippen LogP contribution in [0, 0.1) is 20.8 Å². The minimum absolute atomic E-state index is 0.230. The number of hydrogen-bond acceptors (Lipinski definition) is 3. The molecule has 0 radical (unpaired) electrons. The van der Waals surface area contributed by atoms with Crippen LogP contribution in [0.1, 0.15) is 27.2 Å². The first-order valence-corrected chi connectivity index (χ1v) is 8.36. The monoisotopic (exact) mass is 384 g/mol. The van der Waals surface area contributed by atoms with E-state index in [4.69, 9.17) is 4.52 Å². The van der Waals surface area contributed by atoms with Crippen LogP contribution in [0.25, 0.3) is 11.3 Å². The second kappa shape index (κ2) is 6.61. The Bertz CT molecular complexity index is 915. The van der Waals surface area contributed by atoms with Crippen LogP contribution in [-0.4, -0.2) is 11.1 Å². The van der Waals surface area contributed by atoms with Crippen molar-refractivity contribution in [3.8, 4) is 11.3 Å². The van der Waals surface area contributed by atoms with Crippen LogP contribution in [0.5, 0.6) is 0 Å². The second-order valence-electron chi connectivity index (χ2n) is 5.73. The molecule has 3 rings (SSSR count). The van der Waals surface area contributed by atoms with Crippen LogP contribution in [0.2, 0.25) is 0 Å². The molecule has 5 heteroatoms. The van der Waals surface area contributed by atoms with E-state index in [1.165, 1.54) is 5.56 Å². The molecule has 0 aliphatic carbocycles. The fraction of sp³-hybridized carbons (Fsp3) is 0.158. The maximum absolute atomic E-state index is 12.7. The number of amides is 1. The van der Waals surface area contributed by atoms with Crippen molar-refractivity contribution in [2.24, 2.45) is 0 Å². The van der Waals surface area contributed by atoms with Gasteiger partial charge in [-0.3, -0.25) is 4.79 Å². The van der Waals surface area contributed by atoms with Crippen molar-refractivity contribution in [2.75, 3.05) is 5.32 Å². The molecule has 0 saturated heterocycles. The van der Waals surface area contributed by atoms with Crippen molar-refractivity contribution in [3.63, 3.8) is 0 Å². The zero-order valence-corrected chi connectivity index (χ0v) is 15.3. The molecular weight excluding hydrogens is 368 g/mol. The average Bonchev–Trinajstić information content (AvgIpc) is 2.93. The fourth-order valence-corrected chi connectivity index (χ4v) is 2.88. The second-order valence-corrected chi connectivity index (χ2v) is 6.64. The maximum Gasteiger partial charge on any atom is 0.261 e. The molecule has 24 heavy (non-hydrogen) atoms. The van der Waals surface area contributed by atoms with Crippen LogP contribution in [0.4, 0.5) is 5.69 Å². The van der Waals surface area contributed by atoms with E-state index < -0.39 is 0 Å². The van der Waals surface area contributed by atoms with Gasteiger partial charge in [-0.25, -0.2) is 0 Å². The summed E-state index contributed by atoms with van der Waals surface area (Å²) in [7, 11) is 0. The van der Waals surface area contributed by atoms with Crippen LogP contribution in [0.15, 0.2) is 51.5 Å². The smallest absolute Gasteiger partial charge is 0.261 e. The van der Waals surface area contributed by atoms with Gasteiger partial charge in [0.1, 0.15) is 17.0 Å². The topological polar surface area (TPSA) is 55.1 Å². The van der Waals surface area contributed by atoms with E-state index in [1.807, 2.05) is 56.3 Å². The predicted octanol–water partition coefficient (Wildman–Crippen LogP) is 5.28. The van der Waals surface area contributed by atoms with Crippen LogP contribution >= 0.6 is 15.9 Å². The van der Waals surface area contributed by atoms with E-state index in [-0.39, 0.29) is 5.91 Å². The predicted molar refractivity (Wildman–Crippen MR) is 98.2 cm³/mol. The lowest BCUT2D eigenvalue weighted by atomic mass is 10.1. The van der Waals surface area contributed by atoms with Gasteiger partial charge in [-0.2, -0.15) is 0 Å². The first-order valence-electron chi connectivity index (χ1n) is 7.56. The number of benzene rings is 2. The molecule has 3 aromatic rings. The first kappa shape index (κ1) is 16.5. The number of nitrogens with zero attached hydrogens (tertiary/aromatic N) is 1. The van der Waals surface area contributed by atoms with E-state index in [2.05, 4.69) is 26.4 Å². The lowest BCUT2D eigenvalue weighted by molar-refractivity contribution is 0.102. The minimum Gasteiger partial charge on any atom is -0.360 e. The van der Waals surface area contributed by atoms with Crippen molar-refractivity contribution in [1.29, 1.82) is 0 Å². The number of aryl methyl sites for hydroxylation is 3. The molecule has 1 heterocycles. The number of carbonyl (C=O) groups is 1. The number of halogens is 1. The Balaban J connectivity index is 1.95. The van der Waals surface area contributed by atoms with Crippen molar-refractivity contribution in [2.45, 2.75) is 20.8 Å². The highest BCUT2D eigenvalue weighted by Crippen LogP contribution is 2.28. The Hall–Kier alpha value is -2.40. The van der Waals surface area contributed by atoms with Gasteiger partial charge in [0.25, 0.3) is 5.91 Å². The molecule has 2 aromatic carbocycles. The molecular formula is C19H17BrN2O2. The molecule has 1 N–H and O–H groups in total. The Morgan fingerprint density at radius 1 is 1.08 bits per heavy atom. The van der Waals surface area contributed by atoms with Gasteiger partial charge < -0.3 is 9.84 Å². The molecule has 0 saturated carbocycles. The number of aromatic nitrogens is 1. The van der Waals surface area contributed by atoms with Gasteiger partial charge >= 0.3 is 0 Å². The largest absolute Gasteiger partial charge is 0.360 e. The normalized spacial score (nSPS) is 10.7. The van der Waals surface area contributed by atoms with Crippen molar-refractivity contribution >= 4 is 27.5 Å². The lowest BCUT2D eigenvalue weighted by Crippen LogP contribution is -2.13. The summed E-state index contributed by atoms with van der Waals surface area (Å²) in [4.78, 5) is 12.7. The number of anilines is 1. The van der Waals surface area contributed by atoms with E-state index in [1.54, 1.807) is 6.92 Å². The van der Waals surface area contributed by atoms with Crippen molar-refractivity contribution in [1.82, 2.24) is 5.16 Å². The van der Waals surface area contributed by atoms with Crippen molar-refractivity contribution < 1.29 is 9.32 Å². The highest BCUT2D eigenvalue weighted by molar-refractivity contribution is 9.10. The molecule has 0 spiro atoms. The van der Waals surface area contributed by atoms with Gasteiger partial charge in [-0.15, -0.1) is 0 Å². The summed E-state index contributed by atoms with van der Waals surface area (Å²) in [5, 5.41) is 6.99.